The summed E-state index contributed by atoms with van der Waals surface area (Å²) in [6, 6.07) is 0.0648. The van der Waals surface area contributed by atoms with E-state index in [4.69, 9.17) is 0 Å². The quantitative estimate of drug-likeness (QED) is 0.456. The van der Waals surface area contributed by atoms with Crippen LogP contribution in [-0.4, -0.2) is 30.6 Å². The van der Waals surface area contributed by atoms with E-state index in [0.29, 0.717) is 6.67 Å². The first-order chi connectivity index (χ1) is 3.72. The molecule has 0 radical (unpaired) electrons. The minimum absolute atomic E-state index is 0.0648. The molecule has 3 nitrogen and oxygen atoms in total. The van der Waals surface area contributed by atoms with Crippen LogP contribution in [0.15, 0.2) is 0 Å². The van der Waals surface area contributed by atoms with Crippen LogP contribution in [0.25, 0.3) is 0 Å². The number of likely N-dealkylation sites (N-methyl/N-ethyl adjacent to an activating group) is 1. The molecule has 1 heterocycles. The first kappa shape index (κ1) is 5.56. The van der Waals surface area contributed by atoms with Crippen LogP contribution in [0.4, 0.5) is 0 Å². The van der Waals surface area contributed by atoms with Gasteiger partial charge in [-0.15, -0.1) is 0 Å². The second-order valence-corrected chi connectivity index (χ2v) is 2.13. The fourth-order valence-corrected chi connectivity index (χ4v) is 0.687. The molecule has 1 saturated heterocycles. The summed E-state index contributed by atoms with van der Waals surface area (Å²) in [7, 11) is 1.92. The van der Waals surface area contributed by atoms with Crippen LogP contribution in [0.2, 0.25) is 0 Å². The van der Waals surface area contributed by atoms with Gasteiger partial charge in [-0.25, -0.2) is 0 Å². The van der Waals surface area contributed by atoms with E-state index in [0.717, 1.165) is 0 Å². The first-order valence-corrected chi connectivity index (χ1v) is 2.70. The van der Waals surface area contributed by atoms with E-state index in [9.17, 15) is 4.79 Å². The third-order valence-corrected chi connectivity index (χ3v) is 1.54. The first-order valence-electron chi connectivity index (χ1n) is 2.70. The van der Waals surface area contributed by atoms with Crippen LogP contribution in [0.1, 0.15) is 6.92 Å². The molecule has 46 valence electrons. The highest BCUT2D eigenvalue weighted by molar-refractivity contribution is 5.82. The van der Waals surface area contributed by atoms with Crippen molar-refractivity contribution in [3.63, 3.8) is 0 Å². The second-order valence-electron chi connectivity index (χ2n) is 2.13. The van der Waals surface area contributed by atoms with Gasteiger partial charge in [-0.1, -0.05) is 0 Å². The van der Waals surface area contributed by atoms with Crippen LogP contribution >= 0.6 is 0 Å². The predicted molar refractivity (Wildman–Crippen MR) is 30.2 cm³/mol. The van der Waals surface area contributed by atoms with Gasteiger partial charge in [0.25, 0.3) is 0 Å². The summed E-state index contributed by atoms with van der Waals surface area (Å²) in [5.74, 6) is 0.132. The molecule has 3 heteroatoms. The van der Waals surface area contributed by atoms with E-state index in [1.807, 2.05) is 18.9 Å². The molecule has 0 aromatic rings. The van der Waals surface area contributed by atoms with Gasteiger partial charge in [0.15, 0.2) is 0 Å². The highest BCUT2D eigenvalue weighted by Crippen LogP contribution is 1.99. The van der Waals surface area contributed by atoms with Gasteiger partial charge in [0.1, 0.15) is 0 Å². The topological polar surface area (TPSA) is 32.3 Å². The fraction of sp³-hybridized carbons (Fsp3) is 0.800. The third kappa shape index (κ3) is 0.690. The number of nitrogens with zero attached hydrogens (tertiary/aromatic N) is 1. The molecular formula is C5H10N2O. The van der Waals surface area contributed by atoms with Crippen molar-refractivity contribution in [2.24, 2.45) is 0 Å². The van der Waals surface area contributed by atoms with Gasteiger partial charge in [0, 0.05) is 0 Å². The zero-order chi connectivity index (χ0) is 6.15. The Morgan fingerprint density at radius 2 is 2.50 bits per heavy atom. The molecule has 1 aliphatic rings. The molecule has 1 unspecified atom stereocenters. The van der Waals surface area contributed by atoms with Crippen LogP contribution in [-0.2, 0) is 4.79 Å². The van der Waals surface area contributed by atoms with Gasteiger partial charge in [-0.05, 0) is 14.0 Å². The van der Waals surface area contributed by atoms with Gasteiger partial charge in [0.05, 0.1) is 12.7 Å². The van der Waals surface area contributed by atoms with Crippen molar-refractivity contribution >= 4 is 5.91 Å². The summed E-state index contributed by atoms with van der Waals surface area (Å²) >= 11 is 0. The molecule has 1 N–H and O–H groups in total. The molecule has 0 bridgehead atoms. The summed E-state index contributed by atoms with van der Waals surface area (Å²) in [4.78, 5) is 12.6. The molecule has 0 spiro atoms. The predicted octanol–water partition coefficient (Wildman–Crippen LogP) is -0.606. The van der Waals surface area contributed by atoms with Crippen LogP contribution in [0, 0.1) is 0 Å². The molecule has 1 atom stereocenters. The Hall–Kier alpha value is -0.570. The van der Waals surface area contributed by atoms with E-state index >= 15 is 0 Å². The largest absolute Gasteiger partial charge is 0.342 e. The van der Waals surface area contributed by atoms with Crippen LogP contribution < -0.4 is 5.32 Å². The highest BCUT2D eigenvalue weighted by Gasteiger charge is 2.23. The van der Waals surface area contributed by atoms with Crippen LogP contribution in [0.3, 0.4) is 0 Å². The van der Waals surface area contributed by atoms with Gasteiger partial charge in [0.2, 0.25) is 5.91 Å². The molecule has 1 aliphatic heterocycles. The average molecular weight is 114 g/mol. The average Bonchev–Trinajstić information content (AvgIpc) is 1.98. The van der Waals surface area contributed by atoms with E-state index in [1.165, 1.54) is 0 Å². The van der Waals surface area contributed by atoms with Gasteiger partial charge in [-0.3, -0.25) is 9.69 Å². The van der Waals surface area contributed by atoms with E-state index in [1.54, 1.807) is 0 Å². The minimum atomic E-state index is 0.0648. The number of nitrogens with one attached hydrogen (secondary N) is 1. The highest BCUT2D eigenvalue weighted by atomic mass is 16.2. The lowest BCUT2D eigenvalue weighted by Gasteiger charge is -2.08. The van der Waals surface area contributed by atoms with Crippen molar-refractivity contribution in [1.29, 1.82) is 0 Å². The summed E-state index contributed by atoms with van der Waals surface area (Å²) < 4.78 is 0. The minimum Gasteiger partial charge on any atom is -0.342 e. The molecule has 1 rings (SSSR count). The Morgan fingerprint density at radius 3 is 2.62 bits per heavy atom. The third-order valence-electron chi connectivity index (χ3n) is 1.54. The number of carbonyl (C=O) groups is 1. The lowest BCUT2D eigenvalue weighted by molar-refractivity contribution is -0.120. The van der Waals surface area contributed by atoms with Crippen molar-refractivity contribution in [2.75, 3.05) is 13.7 Å². The van der Waals surface area contributed by atoms with Crippen LogP contribution in [0.5, 0.6) is 0 Å². The SMILES string of the molecule is CC1C(=O)NCN1C. The zero-order valence-electron chi connectivity index (χ0n) is 5.14. The Labute approximate surface area is 48.7 Å². The standard InChI is InChI=1S/C5H10N2O/c1-4-5(8)6-3-7(4)2/h4H,3H2,1-2H3,(H,6,8). The molecule has 1 fully saturated rings. The fourth-order valence-electron chi connectivity index (χ4n) is 0.687. The molecule has 0 aromatic carbocycles. The summed E-state index contributed by atoms with van der Waals surface area (Å²) in [5, 5.41) is 2.71. The molecule has 0 saturated carbocycles. The Bertz CT molecular complexity index is 113. The van der Waals surface area contributed by atoms with Crippen molar-refractivity contribution in [2.45, 2.75) is 13.0 Å². The van der Waals surface area contributed by atoms with Gasteiger partial charge in [-0.2, -0.15) is 0 Å². The van der Waals surface area contributed by atoms with E-state index in [-0.39, 0.29) is 11.9 Å². The number of rotatable bonds is 0. The number of hydrogen-bond donors (Lipinski definition) is 1. The number of amides is 1. The summed E-state index contributed by atoms with van der Waals surface area (Å²) in [6.45, 7) is 2.59. The Kier molecular flexibility index (Phi) is 1.21. The lowest BCUT2D eigenvalue weighted by atomic mass is 10.3. The monoisotopic (exact) mass is 114 g/mol. The smallest absolute Gasteiger partial charge is 0.238 e. The zero-order valence-corrected chi connectivity index (χ0v) is 5.14. The molecule has 1 amide bonds. The molecule has 8 heavy (non-hydrogen) atoms. The van der Waals surface area contributed by atoms with Gasteiger partial charge < -0.3 is 5.32 Å². The van der Waals surface area contributed by atoms with E-state index in [2.05, 4.69) is 5.32 Å². The Balaban J connectivity index is 2.56. The molecule has 0 aromatic heterocycles. The normalized spacial score (nSPS) is 30.8. The van der Waals surface area contributed by atoms with Crippen molar-refractivity contribution in [3.8, 4) is 0 Å². The van der Waals surface area contributed by atoms with Crippen molar-refractivity contribution in [1.82, 2.24) is 10.2 Å². The number of carbonyl (C=O) groups excluding carboxylic acids is 1. The van der Waals surface area contributed by atoms with Gasteiger partial charge >= 0.3 is 0 Å². The lowest BCUT2D eigenvalue weighted by Crippen LogP contribution is -2.25. The maximum absolute atomic E-state index is 10.6. The Morgan fingerprint density at radius 1 is 1.88 bits per heavy atom. The van der Waals surface area contributed by atoms with E-state index < -0.39 is 0 Å². The van der Waals surface area contributed by atoms with Crippen molar-refractivity contribution < 1.29 is 4.79 Å². The summed E-state index contributed by atoms with van der Waals surface area (Å²) in [5.41, 5.74) is 0. The molecule has 0 aliphatic carbocycles. The molecular weight excluding hydrogens is 104 g/mol. The second kappa shape index (κ2) is 1.74. The maximum atomic E-state index is 10.6. The summed E-state index contributed by atoms with van der Waals surface area (Å²) in [6.07, 6.45) is 0. The number of hydrogen-bond acceptors (Lipinski definition) is 2. The van der Waals surface area contributed by atoms with Crippen molar-refractivity contribution in [3.05, 3.63) is 0 Å². The maximum Gasteiger partial charge on any atom is 0.238 e.